The molecule has 1 unspecified atom stereocenters. The lowest BCUT2D eigenvalue weighted by Crippen LogP contribution is -2.27. The van der Waals surface area contributed by atoms with Gasteiger partial charge in [-0.1, -0.05) is 0 Å². The fourth-order valence-electron chi connectivity index (χ4n) is 0.243. The van der Waals surface area contributed by atoms with Crippen LogP contribution in [-0.2, 0) is 9.63 Å². The van der Waals surface area contributed by atoms with Gasteiger partial charge in [0.25, 0.3) is 0 Å². The molecule has 0 amide bonds. The quantitative estimate of drug-likeness (QED) is 0.419. The summed E-state index contributed by atoms with van der Waals surface area (Å²) in [4.78, 5) is 14.6. The van der Waals surface area contributed by atoms with E-state index in [1.54, 1.807) is 6.92 Å². The zero-order chi connectivity index (χ0) is 6.41. The first-order valence-electron chi connectivity index (χ1n) is 2.63. The highest BCUT2D eigenvalue weighted by Crippen LogP contribution is 1.72. The van der Waals surface area contributed by atoms with E-state index in [2.05, 4.69) is 5.48 Å². The summed E-state index contributed by atoms with van der Waals surface area (Å²) in [5.41, 5.74) is 2.51. The molecule has 0 heterocycles. The monoisotopic (exact) mass is 117 g/mol. The maximum Gasteiger partial charge on any atom is 0.138 e. The van der Waals surface area contributed by atoms with E-state index >= 15 is 0 Å². The third kappa shape index (κ3) is 3.77. The first-order valence-corrected chi connectivity index (χ1v) is 2.63. The van der Waals surface area contributed by atoms with Gasteiger partial charge in [-0.2, -0.15) is 5.48 Å². The fraction of sp³-hybridized carbons (Fsp3) is 0.800. The Balaban J connectivity index is 2.98. The van der Waals surface area contributed by atoms with Crippen LogP contribution in [0, 0.1) is 0 Å². The summed E-state index contributed by atoms with van der Waals surface area (Å²) in [7, 11) is 0. The molecule has 0 bridgehead atoms. The van der Waals surface area contributed by atoms with E-state index in [4.69, 9.17) is 4.84 Å². The van der Waals surface area contributed by atoms with Crippen LogP contribution >= 0.6 is 0 Å². The minimum atomic E-state index is -0.199. The Hall–Kier alpha value is -0.410. The second kappa shape index (κ2) is 4.74. The van der Waals surface area contributed by atoms with Gasteiger partial charge >= 0.3 is 0 Å². The number of hydroxylamine groups is 1. The molecule has 0 radical (unpaired) electrons. The molecule has 0 aromatic carbocycles. The number of nitrogens with one attached hydrogen (secondary N) is 1. The molecule has 1 N–H and O–H groups in total. The van der Waals surface area contributed by atoms with Crippen LogP contribution in [0.3, 0.4) is 0 Å². The summed E-state index contributed by atoms with van der Waals surface area (Å²) in [6, 6.07) is -0.199. The largest absolute Gasteiger partial charge is 0.302 e. The van der Waals surface area contributed by atoms with Crippen LogP contribution in [0.4, 0.5) is 0 Å². The molecule has 0 aliphatic heterocycles. The van der Waals surface area contributed by atoms with Gasteiger partial charge in [0.1, 0.15) is 6.29 Å². The van der Waals surface area contributed by atoms with Gasteiger partial charge in [-0.25, -0.2) is 0 Å². The lowest BCUT2D eigenvalue weighted by atomic mass is 10.4. The normalized spacial score (nSPS) is 13.2. The Labute approximate surface area is 49.0 Å². The van der Waals surface area contributed by atoms with Crippen LogP contribution in [0.1, 0.15) is 13.8 Å². The summed E-state index contributed by atoms with van der Waals surface area (Å²) in [5, 5.41) is 0. The van der Waals surface area contributed by atoms with E-state index in [1.807, 2.05) is 6.92 Å². The highest BCUT2D eigenvalue weighted by atomic mass is 16.6. The maximum atomic E-state index is 9.87. The van der Waals surface area contributed by atoms with Crippen LogP contribution in [0.15, 0.2) is 0 Å². The van der Waals surface area contributed by atoms with E-state index in [-0.39, 0.29) is 6.04 Å². The van der Waals surface area contributed by atoms with Gasteiger partial charge in [0.15, 0.2) is 0 Å². The van der Waals surface area contributed by atoms with Gasteiger partial charge in [0, 0.05) is 0 Å². The molecule has 0 saturated heterocycles. The predicted octanol–water partition coefficient (Wildman–Crippen LogP) is 0.115. The third-order valence-corrected chi connectivity index (χ3v) is 0.618. The lowest BCUT2D eigenvalue weighted by Gasteiger charge is -2.03. The molecule has 1 atom stereocenters. The molecular weight excluding hydrogens is 106 g/mol. The minimum absolute atomic E-state index is 0.199. The smallest absolute Gasteiger partial charge is 0.138 e. The summed E-state index contributed by atoms with van der Waals surface area (Å²) in [6.45, 7) is 4.16. The molecule has 3 heteroatoms. The van der Waals surface area contributed by atoms with Crippen LogP contribution in [0.25, 0.3) is 0 Å². The standard InChI is InChI=1S/C5H11NO2/c1-3-8-6-5(2)4-7/h4-6H,3H2,1-2H3. The zero-order valence-electron chi connectivity index (χ0n) is 5.18. The van der Waals surface area contributed by atoms with E-state index in [0.29, 0.717) is 6.61 Å². The highest BCUT2D eigenvalue weighted by molar-refractivity contribution is 5.56. The average molecular weight is 117 g/mol. The minimum Gasteiger partial charge on any atom is -0.302 e. The average Bonchev–Trinajstić information content (AvgIpc) is 1.83. The SMILES string of the molecule is CCONC(C)C=O. The summed E-state index contributed by atoms with van der Waals surface area (Å²) < 4.78 is 0. The number of hydrogen-bond donors (Lipinski definition) is 1. The van der Waals surface area contributed by atoms with Gasteiger partial charge in [0.05, 0.1) is 12.6 Å². The molecule has 0 saturated carbocycles. The third-order valence-electron chi connectivity index (χ3n) is 0.618. The van der Waals surface area contributed by atoms with E-state index in [0.717, 1.165) is 6.29 Å². The Morgan fingerprint density at radius 2 is 2.50 bits per heavy atom. The van der Waals surface area contributed by atoms with Gasteiger partial charge < -0.3 is 9.63 Å². The number of aldehydes is 1. The van der Waals surface area contributed by atoms with Crippen LogP contribution in [0.5, 0.6) is 0 Å². The van der Waals surface area contributed by atoms with Crippen molar-refractivity contribution >= 4 is 6.29 Å². The highest BCUT2D eigenvalue weighted by Gasteiger charge is 1.93. The van der Waals surface area contributed by atoms with Gasteiger partial charge in [0.2, 0.25) is 0 Å². The first kappa shape index (κ1) is 7.59. The van der Waals surface area contributed by atoms with Crippen LogP contribution in [0.2, 0.25) is 0 Å². The molecule has 0 fully saturated rings. The van der Waals surface area contributed by atoms with Crippen molar-refractivity contribution in [1.29, 1.82) is 0 Å². The van der Waals surface area contributed by atoms with Crippen molar-refractivity contribution in [3.05, 3.63) is 0 Å². The summed E-state index contributed by atoms with van der Waals surface area (Å²) in [6.07, 6.45) is 0.787. The van der Waals surface area contributed by atoms with E-state index < -0.39 is 0 Å². The number of rotatable bonds is 4. The number of carbonyl (C=O) groups is 1. The predicted molar refractivity (Wildman–Crippen MR) is 30.3 cm³/mol. The first-order chi connectivity index (χ1) is 3.81. The van der Waals surface area contributed by atoms with E-state index in [1.165, 1.54) is 0 Å². The molecule has 0 aliphatic carbocycles. The number of carbonyl (C=O) groups excluding carboxylic acids is 1. The Morgan fingerprint density at radius 1 is 1.88 bits per heavy atom. The Kier molecular flexibility index (Phi) is 4.50. The molecule has 0 aromatic rings. The van der Waals surface area contributed by atoms with Crippen molar-refractivity contribution in [1.82, 2.24) is 5.48 Å². The van der Waals surface area contributed by atoms with Crippen molar-refractivity contribution < 1.29 is 9.63 Å². The van der Waals surface area contributed by atoms with Crippen molar-refractivity contribution in [3.8, 4) is 0 Å². The maximum absolute atomic E-state index is 9.87. The second-order valence-corrected chi connectivity index (χ2v) is 1.48. The van der Waals surface area contributed by atoms with Gasteiger partial charge in [-0.15, -0.1) is 0 Å². The summed E-state index contributed by atoms with van der Waals surface area (Å²) >= 11 is 0. The molecule has 0 spiro atoms. The summed E-state index contributed by atoms with van der Waals surface area (Å²) in [5.74, 6) is 0. The molecule has 48 valence electrons. The fourth-order valence-corrected chi connectivity index (χ4v) is 0.243. The molecule has 8 heavy (non-hydrogen) atoms. The molecule has 0 rings (SSSR count). The van der Waals surface area contributed by atoms with E-state index in [9.17, 15) is 4.79 Å². The van der Waals surface area contributed by atoms with Crippen molar-refractivity contribution in [2.75, 3.05) is 6.61 Å². The lowest BCUT2D eigenvalue weighted by molar-refractivity contribution is -0.112. The van der Waals surface area contributed by atoms with Gasteiger partial charge in [-0.05, 0) is 13.8 Å². The Morgan fingerprint density at radius 3 is 2.88 bits per heavy atom. The van der Waals surface area contributed by atoms with Crippen LogP contribution < -0.4 is 5.48 Å². The second-order valence-electron chi connectivity index (χ2n) is 1.48. The Bertz CT molecular complexity index is 65.4. The topological polar surface area (TPSA) is 38.3 Å². The molecule has 0 aliphatic rings. The van der Waals surface area contributed by atoms with Crippen LogP contribution in [-0.4, -0.2) is 18.9 Å². The molecule has 0 aromatic heterocycles. The van der Waals surface area contributed by atoms with Gasteiger partial charge in [-0.3, -0.25) is 0 Å². The zero-order valence-corrected chi connectivity index (χ0v) is 5.18. The van der Waals surface area contributed by atoms with Crippen molar-refractivity contribution in [2.45, 2.75) is 19.9 Å². The molecule has 3 nitrogen and oxygen atoms in total. The van der Waals surface area contributed by atoms with Crippen molar-refractivity contribution in [2.24, 2.45) is 0 Å². The van der Waals surface area contributed by atoms with Crippen molar-refractivity contribution in [3.63, 3.8) is 0 Å². The molecular formula is C5H11NO2. The number of hydrogen-bond acceptors (Lipinski definition) is 3.